The lowest BCUT2D eigenvalue weighted by Crippen LogP contribution is -2.30. The van der Waals surface area contributed by atoms with Gasteiger partial charge in [0.15, 0.2) is 11.5 Å². The number of nitrogens with one attached hydrogen (secondary N) is 1. The molecule has 1 fully saturated rings. The molecule has 5 nitrogen and oxygen atoms in total. The topological polar surface area (TPSA) is 49.0 Å². The van der Waals surface area contributed by atoms with Gasteiger partial charge in [-0.05, 0) is 19.8 Å². The first-order chi connectivity index (χ1) is 9.67. The molecule has 0 saturated heterocycles. The number of methoxy groups -OCH3 is 3. The van der Waals surface area contributed by atoms with Crippen molar-refractivity contribution in [2.45, 2.75) is 31.9 Å². The maximum absolute atomic E-state index is 5.90. The van der Waals surface area contributed by atoms with Crippen molar-refractivity contribution in [3.05, 3.63) is 12.1 Å². The third-order valence-corrected chi connectivity index (χ3v) is 3.25. The van der Waals surface area contributed by atoms with Gasteiger partial charge < -0.3 is 24.3 Å². The molecule has 0 bridgehead atoms. The molecule has 1 aromatic carbocycles. The minimum Gasteiger partial charge on any atom is -0.493 e. The largest absolute Gasteiger partial charge is 0.493 e. The van der Waals surface area contributed by atoms with Crippen molar-refractivity contribution in [3.63, 3.8) is 0 Å². The van der Waals surface area contributed by atoms with Crippen LogP contribution in [0.4, 0.5) is 0 Å². The summed E-state index contributed by atoms with van der Waals surface area (Å²) in [7, 11) is 4.78. The maximum Gasteiger partial charge on any atom is 0.203 e. The minimum absolute atomic E-state index is 0.0819. The molecule has 2 rings (SSSR count). The van der Waals surface area contributed by atoms with Crippen molar-refractivity contribution in [2.24, 2.45) is 0 Å². The van der Waals surface area contributed by atoms with Gasteiger partial charge in [0.2, 0.25) is 5.75 Å². The molecular weight excluding hydrogens is 258 g/mol. The Kier molecular flexibility index (Phi) is 4.95. The standard InChI is InChI=1S/C15H23NO4/c1-10(9-16-11-5-6-11)20-12-7-13(17-2)15(19-4)14(8-12)18-3/h7-8,10-11,16H,5-6,9H2,1-4H3. The predicted molar refractivity (Wildman–Crippen MR) is 77.2 cm³/mol. The zero-order chi connectivity index (χ0) is 14.5. The fourth-order valence-corrected chi connectivity index (χ4v) is 2.02. The molecule has 112 valence electrons. The first-order valence-electron chi connectivity index (χ1n) is 6.88. The van der Waals surface area contributed by atoms with Crippen LogP contribution in [-0.2, 0) is 0 Å². The highest BCUT2D eigenvalue weighted by Gasteiger charge is 2.21. The molecular formula is C15H23NO4. The van der Waals surface area contributed by atoms with E-state index in [1.807, 2.05) is 19.1 Å². The van der Waals surface area contributed by atoms with Gasteiger partial charge >= 0.3 is 0 Å². The van der Waals surface area contributed by atoms with Crippen LogP contribution >= 0.6 is 0 Å². The molecule has 5 heteroatoms. The fourth-order valence-electron chi connectivity index (χ4n) is 2.02. The van der Waals surface area contributed by atoms with Gasteiger partial charge in [0.05, 0.1) is 21.3 Å². The van der Waals surface area contributed by atoms with Crippen LogP contribution in [0.25, 0.3) is 0 Å². The Morgan fingerprint density at radius 3 is 2.15 bits per heavy atom. The minimum atomic E-state index is 0.0819. The molecule has 1 N–H and O–H groups in total. The highest BCUT2D eigenvalue weighted by atomic mass is 16.5. The van der Waals surface area contributed by atoms with Crippen LogP contribution in [-0.4, -0.2) is 40.0 Å². The van der Waals surface area contributed by atoms with Crippen molar-refractivity contribution in [1.29, 1.82) is 0 Å². The lowest BCUT2D eigenvalue weighted by atomic mass is 10.2. The second-order valence-electron chi connectivity index (χ2n) is 4.97. The molecule has 0 aliphatic heterocycles. The number of ether oxygens (including phenoxy) is 4. The van der Waals surface area contributed by atoms with E-state index in [1.54, 1.807) is 21.3 Å². The Morgan fingerprint density at radius 2 is 1.70 bits per heavy atom. The zero-order valence-corrected chi connectivity index (χ0v) is 12.6. The van der Waals surface area contributed by atoms with E-state index in [0.717, 1.165) is 6.54 Å². The molecule has 0 aromatic heterocycles. The van der Waals surface area contributed by atoms with Gasteiger partial charge in [0.25, 0.3) is 0 Å². The summed E-state index contributed by atoms with van der Waals surface area (Å²) in [6.45, 7) is 2.87. The Morgan fingerprint density at radius 1 is 1.10 bits per heavy atom. The fraction of sp³-hybridized carbons (Fsp3) is 0.600. The molecule has 1 unspecified atom stereocenters. The second-order valence-corrected chi connectivity index (χ2v) is 4.97. The molecule has 1 aromatic rings. The summed E-state index contributed by atoms with van der Waals surface area (Å²) in [6, 6.07) is 4.31. The van der Waals surface area contributed by atoms with Gasteiger partial charge in [-0.1, -0.05) is 0 Å². The normalized spacial score (nSPS) is 15.6. The van der Waals surface area contributed by atoms with Crippen molar-refractivity contribution >= 4 is 0 Å². The summed E-state index contributed by atoms with van der Waals surface area (Å²) in [4.78, 5) is 0. The SMILES string of the molecule is COc1cc(OC(C)CNC2CC2)cc(OC)c1OC. The molecule has 0 radical (unpaired) electrons. The summed E-state index contributed by atoms with van der Waals surface area (Å²) in [5.41, 5.74) is 0. The molecule has 1 atom stereocenters. The highest BCUT2D eigenvalue weighted by molar-refractivity contribution is 5.55. The number of hydrogen-bond acceptors (Lipinski definition) is 5. The van der Waals surface area contributed by atoms with Crippen LogP contribution in [0.5, 0.6) is 23.0 Å². The Bertz CT molecular complexity index is 420. The molecule has 0 heterocycles. The third-order valence-electron chi connectivity index (χ3n) is 3.25. The van der Waals surface area contributed by atoms with Crippen LogP contribution in [0, 0.1) is 0 Å². The molecule has 1 saturated carbocycles. The van der Waals surface area contributed by atoms with E-state index in [0.29, 0.717) is 29.0 Å². The van der Waals surface area contributed by atoms with E-state index in [-0.39, 0.29) is 6.10 Å². The van der Waals surface area contributed by atoms with E-state index in [4.69, 9.17) is 18.9 Å². The van der Waals surface area contributed by atoms with Crippen molar-refractivity contribution < 1.29 is 18.9 Å². The van der Waals surface area contributed by atoms with E-state index in [1.165, 1.54) is 12.8 Å². The van der Waals surface area contributed by atoms with Gasteiger partial charge in [-0.2, -0.15) is 0 Å². The van der Waals surface area contributed by atoms with Gasteiger partial charge in [0.1, 0.15) is 11.9 Å². The van der Waals surface area contributed by atoms with Gasteiger partial charge in [-0.15, -0.1) is 0 Å². The number of benzene rings is 1. The highest BCUT2D eigenvalue weighted by Crippen LogP contribution is 2.40. The first kappa shape index (κ1) is 14.8. The van der Waals surface area contributed by atoms with E-state index >= 15 is 0 Å². The van der Waals surface area contributed by atoms with Gasteiger partial charge in [0, 0.05) is 24.7 Å². The molecule has 20 heavy (non-hydrogen) atoms. The first-order valence-corrected chi connectivity index (χ1v) is 6.88. The molecule has 1 aliphatic rings. The monoisotopic (exact) mass is 281 g/mol. The Labute approximate surface area is 120 Å². The van der Waals surface area contributed by atoms with Crippen LogP contribution < -0.4 is 24.3 Å². The second kappa shape index (κ2) is 6.70. The predicted octanol–water partition coefficient (Wildman–Crippen LogP) is 2.23. The molecule has 1 aliphatic carbocycles. The van der Waals surface area contributed by atoms with Gasteiger partial charge in [-0.25, -0.2) is 0 Å². The Hall–Kier alpha value is -1.62. The lowest BCUT2D eigenvalue weighted by molar-refractivity contribution is 0.213. The van der Waals surface area contributed by atoms with Gasteiger partial charge in [-0.3, -0.25) is 0 Å². The van der Waals surface area contributed by atoms with E-state index in [9.17, 15) is 0 Å². The van der Waals surface area contributed by atoms with Crippen LogP contribution in [0.1, 0.15) is 19.8 Å². The van der Waals surface area contributed by atoms with Crippen molar-refractivity contribution in [3.8, 4) is 23.0 Å². The van der Waals surface area contributed by atoms with E-state index < -0.39 is 0 Å². The van der Waals surface area contributed by atoms with Crippen LogP contribution in [0.2, 0.25) is 0 Å². The lowest BCUT2D eigenvalue weighted by Gasteiger charge is -2.18. The van der Waals surface area contributed by atoms with Crippen molar-refractivity contribution in [2.75, 3.05) is 27.9 Å². The average molecular weight is 281 g/mol. The summed E-state index contributed by atoms with van der Waals surface area (Å²) >= 11 is 0. The summed E-state index contributed by atoms with van der Waals surface area (Å²) in [6.07, 6.45) is 2.63. The Balaban J connectivity index is 2.05. The van der Waals surface area contributed by atoms with Crippen LogP contribution in [0.15, 0.2) is 12.1 Å². The van der Waals surface area contributed by atoms with E-state index in [2.05, 4.69) is 5.32 Å². The zero-order valence-electron chi connectivity index (χ0n) is 12.6. The average Bonchev–Trinajstić information content (AvgIpc) is 3.28. The quantitative estimate of drug-likeness (QED) is 0.792. The third kappa shape index (κ3) is 3.70. The smallest absolute Gasteiger partial charge is 0.203 e. The summed E-state index contributed by atoms with van der Waals surface area (Å²) < 4.78 is 21.8. The maximum atomic E-state index is 5.90. The summed E-state index contributed by atoms with van der Waals surface area (Å²) in [5.74, 6) is 2.49. The molecule has 0 spiro atoms. The number of hydrogen-bond donors (Lipinski definition) is 1. The van der Waals surface area contributed by atoms with Crippen molar-refractivity contribution in [1.82, 2.24) is 5.32 Å². The van der Waals surface area contributed by atoms with Crippen LogP contribution in [0.3, 0.4) is 0 Å². The molecule has 0 amide bonds. The number of rotatable bonds is 8. The summed E-state index contributed by atoms with van der Waals surface area (Å²) in [5, 5.41) is 3.44.